The van der Waals surface area contributed by atoms with Gasteiger partial charge in [-0.15, -0.1) is 11.3 Å². The minimum Gasteiger partial charge on any atom is -0.374 e. The van der Waals surface area contributed by atoms with Gasteiger partial charge in [-0.2, -0.15) is 0 Å². The predicted molar refractivity (Wildman–Crippen MR) is 84.0 cm³/mol. The van der Waals surface area contributed by atoms with Crippen LogP contribution < -0.4 is 5.32 Å². The second-order valence-corrected chi connectivity index (χ2v) is 6.11. The second kappa shape index (κ2) is 8.15. The Hall–Kier alpha value is -1.23. The third kappa shape index (κ3) is 5.04. The van der Waals surface area contributed by atoms with Crippen molar-refractivity contribution >= 4 is 11.3 Å². The maximum atomic E-state index is 5.65. The molecule has 0 saturated carbocycles. The molecule has 0 radical (unpaired) electrons. The summed E-state index contributed by atoms with van der Waals surface area (Å²) in [6.07, 6.45) is 1.02. The lowest BCUT2D eigenvalue weighted by Gasteiger charge is -2.05. The highest BCUT2D eigenvalue weighted by atomic mass is 32.1. The Balaban J connectivity index is 1.52. The topological polar surface area (TPSA) is 34.1 Å². The maximum absolute atomic E-state index is 5.65. The maximum Gasteiger partial charge on any atom is 0.119 e. The van der Waals surface area contributed by atoms with Crippen molar-refractivity contribution in [2.75, 3.05) is 13.2 Å². The number of nitrogens with one attached hydrogen (secondary N) is 1. The van der Waals surface area contributed by atoms with Crippen LogP contribution in [0.25, 0.3) is 0 Å². The molecule has 0 aliphatic carbocycles. The number of hydrogen-bond acceptors (Lipinski definition) is 4. The zero-order valence-electron chi connectivity index (χ0n) is 12.2. The average molecular weight is 290 g/mol. The fraction of sp³-hybridized carbons (Fsp3) is 0.438. The fourth-order valence-corrected chi connectivity index (χ4v) is 2.76. The van der Waals surface area contributed by atoms with E-state index in [0.717, 1.165) is 36.8 Å². The standard InChI is InChI=1S/C16H22N2OS/c1-13-14(2)20-16(18-13)12-19-10-6-9-17-11-15-7-4-3-5-8-15/h3-5,7-8,17H,6,9-12H2,1-2H3. The smallest absolute Gasteiger partial charge is 0.119 e. The first-order valence-corrected chi connectivity index (χ1v) is 7.82. The fourth-order valence-electron chi connectivity index (χ4n) is 1.89. The Morgan fingerprint density at radius 3 is 2.70 bits per heavy atom. The van der Waals surface area contributed by atoms with Crippen LogP contribution in [0, 0.1) is 13.8 Å². The summed E-state index contributed by atoms with van der Waals surface area (Å²) >= 11 is 1.73. The van der Waals surface area contributed by atoms with Crippen LogP contribution >= 0.6 is 11.3 Å². The minimum absolute atomic E-state index is 0.637. The number of ether oxygens (including phenoxy) is 1. The van der Waals surface area contributed by atoms with Crippen LogP contribution in [0.3, 0.4) is 0 Å². The van der Waals surface area contributed by atoms with Gasteiger partial charge in [0, 0.05) is 18.0 Å². The SMILES string of the molecule is Cc1nc(COCCCNCc2ccccc2)sc1C. The summed E-state index contributed by atoms with van der Waals surface area (Å²) in [6, 6.07) is 10.4. The molecule has 0 atom stereocenters. The molecule has 0 amide bonds. The van der Waals surface area contributed by atoms with E-state index >= 15 is 0 Å². The van der Waals surface area contributed by atoms with E-state index in [2.05, 4.69) is 41.5 Å². The average Bonchev–Trinajstić information content (AvgIpc) is 2.78. The molecular weight excluding hydrogens is 268 g/mol. The second-order valence-electron chi connectivity index (χ2n) is 4.82. The van der Waals surface area contributed by atoms with E-state index in [0.29, 0.717) is 6.61 Å². The summed E-state index contributed by atoms with van der Waals surface area (Å²) in [5, 5.41) is 4.50. The van der Waals surface area contributed by atoms with Gasteiger partial charge in [0.25, 0.3) is 0 Å². The monoisotopic (exact) mass is 290 g/mol. The predicted octanol–water partition coefficient (Wildman–Crippen LogP) is 3.46. The highest BCUT2D eigenvalue weighted by Crippen LogP contribution is 2.16. The van der Waals surface area contributed by atoms with Crippen molar-refractivity contribution < 1.29 is 4.74 Å². The number of aromatic nitrogens is 1. The Morgan fingerprint density at radius 2 is 2.00 bits per heavy atom. The number of benzene rings is 1. The summed E-state index contributed by atoms with van der Waals surface area (Å²) in [6.45, 7) is 7.46. The first-order valence-electron chi connectivity index (χ1n) is 7.01. The Labute approximate surface area is 125 Å². The molecule has 0 spiro atoms. The van der Waals surface area contributed by atoms with Crippen molar-refractivity contribution in [2.24, 2.45) is 0 Å². The van der Waals surface area contributed by atoms with Gasteiger partial charge in [-0.25, -0.2) is 4.98 Å². The molecule has 1 heterocycles. The van der Waals surface area contributed by atoms with Crippen LogP contribution in [-0.2, 0) is 17.9 Å². The molecule has 20 heavy (non-hydrogen) atoms. The normalized spacial score (nSPS) is 10.9. The Morgan fingerprint density at radius 1 is 1.20 bits per heavy atom. The summed E-state index contributed by atoms with van der Waals surface area (Å²) in [4.78, 5) is 5.75. The first-order chi connectivity index (χ1) is 9.75. The lowest BCUT2D eigenvalue weighted by atomic mass is 10.2. The summed E-state index contributed by atoms with van der Waals surface area (Å²) in [7, 11) is 0. The van der Waals surface area contributed by atoms with E-state index in [1.807, 2.05) is 13.0 Å². The summed E-state index contributed by atoms with van der Waals surface area (Å²) in [5.74, 6) is 0. The molecule has 1 aromatic carbocycles. The third-order valence-corrected chi connectivity index (χ3v) is 4.16. The van der Waals surface area contributed by atoms with Gasteiger partial charge in [0.2, 0.25) is 0 Å². The van der Waals surface area contributed by atoms with Crippen LogP contribution in [-0.4, -0.2) is 18.1 Å². The summed E-state index contributed by atoms with van der Waals surface area (Å²) in [5.41, 5.74) is 2.44. The van der Waals surface area contributed by atoms with Gasteiger partial charge in [0.1, 0.15) is 5.01 Å². The van der Waals surface area contributed by atoms with Crippen LogP contribution in [0.15, 0.2) is 30.3 Å². The number of nitrogens with zero attached hydrogens (tertiary/aromatic N) is 1. The molecular formula is C16H22N2OS. The van der Waals surface area contributed by atoms with Gasteiger partial charge in [-0.1, -0.05) is 30.3 Å². The van der Waals surface area contributed by atoms with Gasteiger partial charge < -0.3 is 10.1 Å². The van der Waals surface area contributed by atoms with E-state index < -0.39 is 0 Å². The molecule has 1 N–H and O–H groups in total. The van der Waals surface area contributed by atoms with Crippen molar-refractivity contribution in [3.8, 4) is 0 Å². The zero-order chi connectivity index (χ0) is 14.2. The van der Waals surface area contributed by atoms with Crippen molar-refractivity contribution in [1.29, 1.82) is 0 Å². The van der Waals surface area contributed by atoms with E-state index in [1.165, 1.54) is 10.4 Å². The molecule has 0 aliphatic rings. The number of thiazole rings is 1. The Bertz CT molecular complexity index is 491. The molecule has 2 aromatic rings. The summed E-state index contributed by atoms with van der Waals surface area (Å²) < 4.78 is 5.65. The van der Waals surface area contributed by atoms with E-state index in [4.69, 9.17) is 4.74 Å². The van der Waals surface area contributed by atoms with E-state index in [-0.39, 0.29) is 0 Å². The molecule has 0 aliphatic heterocycles. The number of rotatable bonds is 8. The molecule has 2 rings (SSSR count). The number of hydrogen-bond donors (Lipinski definition) is 1. The molecule has 1 aromatic heterocycles. The highest BCUT2D eigenvalue weighted by molar-refractivity contribution is 7.11. The third-order valence-electron chi connectivity index (χ3n) is 3.11. The minimum atomic E-state index is 0.637. The van der Waals surface area contributed by atoms with Gasteiger partial charge in [-0.05, 0) is 32.4 Å². The zero-order valence-corrected chi connectivity index (χ0v) is 13.0. The van der Waals surface area contributed by atoms with Gasteiger partial charge in [0.05, 0.1) is 12.3 Å². The molecule has 108 valence electrons. The molecule has 3 nitrogen and oxygen atoms in total. The van der Waals surface area contributed by atoms with Crippen molar-refractivity contribution in [2.45, 2.75) is 33.4 Å². The van der Waals surface area contributed by atoms with E-state index in [1.54, 1.807) is 11.3 Å². The molecule has 0 unspecified atom stereocenters. The largest absolute Gasteiger partial charge is 0.374 e. The quantitative estimate of drug-likeness (QED) is 0.756. The molecule has 0 bridgehead atoms. The van der Waals surface area contributed by atoms with Gasteiger partial charge >= 0.3 is 0 Å². The molecule has 4 heteroatoms. The van der Waals surface area contributed by atoms with E-state index in [9.17, 15) is 0 Å². The Kier molecular flexibility index (Phi) is 6.18. The van der Waals surface area contributed by atoms with Gasteiger partial charge in [-0.3, -0.25) is 0 Å². The molecule has 0 saturated heterocycles. The van der Waals surface area contributed by atoms with Crippen LogP contribution in [0.5, 0.6) is 0 Å². The van der Waals surface area contributed by atoms with Crippen LogP contribution in [0.4, 0.5) is 0 Å². The lowest BCUT2D eigenvalue weighted by Crippen LogP contribution is -2.16. The van der Waals surface area contributed by atoms with Crippen LogP contribution in [0.2, 0.25) is 0 Å². The van der Waals surface area contributed by atoms with Crippen molar-refractivity contribution in [3.63, 3.8) is 0 Å². The highest BCUT2D eigenvalue weighted by Gasteiger charge is 2.02. The first kappa shape index (κ1) is 15.2. The van der Waals surface area contributed by atoms with Crippen molar-refractivity contribution in [3.05, 3.63) is 51.5 Å². The van der Waals surface area contributed by atoms with Crippen molar-refractivity contribution in [1.82, 2.24) is 10.3 Å². The number of aryl methyl sites for hydroxylation is 2. The molecule has 0 fully saturated rings. The van der Waals surface area contributed by atoms with Gasteiger partial charge in [0.15, 0.2) is 0 Å². The van der Waals surface area contributed by atoms with Crippen LogP contribution in [0.1, 0.15) is 27.6 Å². The lowest BCUT2D eigenvalue weighted by molar-refractivity contribution is 0.118.